The Morgan fingerprint density at radius 3 is 2.39 bits per heavy atom. The molecule has 0 heterocycles. The fourth-order valence-electron chi connectivity index (χ4n) is 2.27. The van der Waals surface area contributed by atoms with Gasteiger partial charge in [0, 0.05) is 6.42 Å². The highest BCUT2D eigenvalue weighted by molar-refractivity contribution is 7.80. The van der Waals surface area contributed by atoms with Crippen LogP contribution in [0, 0.1) is 12.8 Å². The molecule has 0 aromatic heterocycles. The molecule has 0 saturated heterocycles. The smallest absolute Gasteiger partial charge is 0.00383 e. The van der Waals surface area contributed by atoms with Crippen molar-refractivity contribution in [1.82, 2.24) is 0 Å². The van der Waals surface area contributed by atoms with Crippen molar-refractivity contribution in [3.05, 3.63) is 35.4 Å². The molecule has 0 fully saturated rings. The SMILES string of the molecule is CCCCC(CC)CC(=S)Cc1ccc(C)cc1. The average molecular weight is 262 g/mol. The predicted octanol–water partition coefficient (Wildman–Crippen LogP) is 5.51. The van der Waals surface area contributed by atoms with Crippen LogP contribution in [0.2, 0.25) is 0 Å². The average Bonchev–Trinajstić information content (AvgIpc) is 2.37. The van der Waals surface area contributed by atoms with Gasteiger partial charge >= 0.3 is 0 Å². The Balaban J connectivity index is 2.42. The van der Waals surface area contributed by atoms with Crippen molar-refractivity contribution in [1.29, 1.82) is 0 Å². The first kappa shape index (κ1) is 15.4. The van der Waals surface area contributed by atoms with Crippen LogP contribution in [0.3, 0.4) is 0 Å². The molecule has 0 saturated carbocycles. The van der Waals surface area contributed by atoms with Crippen molar-refractivity contribution >= 4 is 17.1 Å². The van der Waals surface area contributed by atoms with Crippen LogP contribution in [0.15, 0.2) is 24.3 Å². The largest absolute Gasteiger partial charge is 0.0893 e. The van der Waals surface area contributed by atoms with Crippen LogP contribution in [0.4, 0.5) is 0 Å². The second-order valence-corrected chi connectivity index (χ2v) is 5.90. The number of benzene rings is 1. The lowest BCUT2D eigenvalue weighted by molar-refractivity contribution is 0.467. The Bertz CT molecular complexity index is 350. The lowest BCUT2D eigenvalue weighted by Gasteiger charge is -2.15. The fraction of sp³-hybridized carbons (Fsp3) is 0.588. The minimum atomic E-state index is 0.794. The summed E-state index contributed by atoms with van der Waals surface area (Å²) in [5, 5.41) is 0. The van der Waals surface area contributed by atoms with Crippen molar-refractivity contribution in [2.75, 3.05) is 0 Å². The minimum Gasteiger partial charge on any atom is -0.0893 e. The topological polar surface area (TPSA) is 0 Å². The van der Waals surface area contributed by atoms with Gasteiger partial charge in [0.1, 0.15) is 0 Å². The van der Waals surface area contributed by atoms with Gasteiger partial charge in [-0.05, 0) is 29.7 Å². The van der Waals surface area contributed by atoms with E-state index in [1.54, 1.807) is 0 Å². The summed E-state index contributed by atoms with van der Waals surface area (Å²) in [6, 6.07) is 8.75. The van der Waals surface area contributed by atoms with E-state index in [-0.39, 0.29) is 0 Å². The van der Waals surface area contributed by atoms with Gasteiger partial charge in [0.05, 0.1) is 0 Å². The number of hydrogen-bond acceptors (Lipinski definition) is 1. The van der Waals surface area contributed by atoms with Crippen LogP contribution in [0.5, 0.6) is 0 Å². The second-order valence-electron chi connectivity index (χ2n) is 5.32. The number of hydrogen-bond donors (Lipinski definition) is 0. The van der Waals surface area contributed by atoms with E-state index in [2.05, 4.69) is 45.0 Å². The molecule has 1 unspecified atom stereocenters. The minimum absolute atomic E-state index is 0.794. The third-order valence-electron chi connectivity index (χ3n) is 3.58. The zero-order valence-corrected chi connectivity index (χ0v) is 12.9. The maximum absolute atomic E-state index is 5.56. The van der Waals surface area contributed by atoms with Crippen molar-refractivity contribution in [3.63, 3.8) is 0 Å². The molecular weight excluding hydrogens is 236 g/mol. The van der Waals surface area contributed by atoms with Gasteiger partial charge in [-0.1, -0.05) is 81.6 Å². The van der Waals surface area contributed by atoms with E-state index < -0.39 is 0 Å². The number of aryl methyl sites for hydroxylation is 1. The monoisotopic (exact) mass is 262 g/mol. The van der Waals surface area contributed by atoms with Crippen LogP contribution in [-0.2, 0) is 6.42 Å². The van der Waals surface area contributed by atoms with E-state index in [1.165, 1.54) is 41.7 Å². The molecule has 0 N–H and O–H groups in total. The third-order valence-corrected chi connectivity index (χ3v) is 3.89. The van der Waals surface area contributed by atoms with Crippen LogP contribution in [-0.4, -0.2) is 4.86 Å². The van der Waals surface area contributed by atoms with Gasteiger partial charge in [-0.2, -0.15) is 0 Å². The van der Waals surface area contributed by atoms with E-state index in [4.69, 9.17) is 12.2 Å². The molecule has 0 radical (unpaired) electrons. The first-order chi connectivity index (χ1) is 8.65. The Labute approximate surface area is 118 Å². The highest BCUT2D eigenvalue weighted by atomic mass is 32.1. The molecule has 0 nitrogen and oxygen atoms in total. The Morgan fingerprint density at radius 1 is 1.17 bits per heavy atom. The molecule has 0 aliphatic rings. The number of unbranched alkanes of at least 4 members (excludes halogenated alkanes) is 1. The summed E-state index contributed by atoms with van der Waals surface area (Å²) < 4.78 is 0. The molecule has 100 valence electrons. The first-order valence-corrected chi connectivity index (χ1v) is 7.63. The molecule has 18 heavy (non-hydrogen) atoms. The van der Waals surface area contributed by atoms with Crippen LogP contribution < -0.4 is 0 Å². The Hall–Kier alpha value is -0.690. The summed E-state index contributed by atoms with van der Waals surface area (Å²) in [5.41, 5.74) is 2.68. The van der Waals surface area contributed by atoms with Crippen molar-refractivity contribution in [2.24, 2.45) is 5.92 Å². The standard InChI is InChI=1S/C17H26S/c1-4-6-7-15(5-2)12-17(18)13-16-10-8-14(3)9-11-16/h8-11,15H,4-7,12-13H2,1-3H3. The van der Waals surface area contributed by atoms with Gasteiger partial charge in [-0.25, -0.2) is 0 Å². The summed E-state index contributed by atoms with van der Waals surface area (Å²) in [4.78, 5) is 1.22. The molecule has 1 atom stereocenters. The second kappa shape index (κ2) is 8.42. The molecule has 1 rings (SSSR count). The lowest BCUT2D eigenvalue weighted by atomic mass is 9.92. The summed E-state index contributed by atoms with van der Waals surface area (Å²) in [6.45, 7) is 6.67. The highest BCUT2D eigenvalue weighted by Gasteiger charge is 2.09. The fourth-order valence-corrected chi connectivity index (χ4v) is 2.67. The molecule has 0 aliphatic heterocycles. The van der Waals surface area contributed by atoms with Crippen LogP contribution in [0.25, 0.3) is 0 Å². The number of thiocarbonyl (C=S) groups is 1. The van der Waals surface area contributed by atoms with Gasteiger partial charge in [0.2, 0.25) is 0 Å². The Morgan fingerprint density at radius 2 is 1.83 bits per heavy atom. The van der Waals surface area contributed by atoms with E-state index in [1.807, 2.05) is 0 Å². The van der Waals surface area contributed by atoms with Gasteiger partial charge in [-0.15, -0.1) is 0 Å². The normalized spacial score (nSPS) is 12.4. The summed E-state index contributed by atoms with van der Waals surface area (Å²) in [5.74, 6) is 0.794. The Kier molecular flexibility index (Phi) is 7.19. The first-order valence-electron chi connectivity index (χ1n) is 7.23. The molecule has 0 amide bonds. The van der Waals surface area contributed by atoms with E-state index in [0.717, 1.165) is 18.8 Å². The van der Waals surface area contributed by atoms with Crippen molar-refractivity contribution < 1.29 is 0 Å². The van der Waals surface area contributed by atoms with E-state index >= 15 is 0 Å². The van der Waals surface area contributed by atoms with Gasteiger partial charge < -0.3 is 0 Å². The molecule has 0 spiro atoms. The molecule has 1 aromatic carbocycles. The van der Waals surface area contributed by atoms with Gasteiger partial charge in [0.15, 0.2) is 0 Å². The molecule has 0 bridgehead atoms. The quantitative estimate of drug-likeness (QED) is 0.556. The van der Waals surface area contributed by atoms with Crippen molar-refractivity contribution in [2.45, 2.75) is 59.3 Å². The summed E-state index contributed by atoms with van der Waals surface area (Å²) in [6.07, 6.45) is 7.32. The van der Waals surface area contributed by atoms with E-state index in [9.17, 15) is 0 Å². The summed E-state index contributed by atoms with van der Waals surface area (Å²) in [7, 11) is 0. The molecule has 1 heteroatoms. The summed E-state index contributed by atoms with van der Waals surface area (Å²) >= 11 is 5.56. The molecule has 0 aliphatic carbocycles. The highest BCUT2D eigenvalue weighted by Crippen LogP contribution is 2.19. The van der Waals surface area contributed by atoms with E-state index in [0.29, 0.717) is 0 Å². The zero-order valence-electron chi connectivity index (χ0n) is 12.0. The van der Waals surface area contributed by atoms with Gasteiger partial charge in [0.25, 0.3) is 0 Å². The molecular formula is C17H26S. The van der Waals surface area contributed by atoms with Gasteiger partial charge in [-0.3, -0.25) is 0 Å². The van der Waals surface area contributed by atoms with Crippen LogP contribution in [0.1, 0.15) is 57.1 Å². The molecule has 1 aromatic rings. The van der Waals surface area contributed by atoms with Crippen LogP contribution >= 0.6 is 12.2 Å². The zero-order chi connectivity index (χ0) is 13.4. The third kappa shape index (κ3) is 5.77. The predicted molar refractivity (Wildman–Crippen MR) is 85.4 cm³/mol. The lowest BCUT2D eigenvalue weighted by Crippen LogP contribution is -2.08. The van der Waals surface area contributed by atoms with Crippen molar-refractivity contribution in [3.8, 4) is 0 Å². The number of rotatable bonds is 8. The maximum atomic E-state index is 5.56. The maximum Gasteiger partial charge on any atom is 0.00383 e.